The van der Waals surface area contributed by atoms with Gasteiger partial charge in [0.15, 0.2) is 5.58 Å². The van der Waals surface area contributed by atoms with Gasteiger partial charge in [-0.1, -0.05) is 27.5 Å². The molecule has 4 aromatic rings. The Labute approximate surface area is 184 Å². The first kappa shape index (κ1) is 20.4. The molecule has 0 aliphatic rings. The molecule has 0 unspecified atom stereocenters. The van der Waals surface area contributed by atoms with Crippen LogP contribution in [0.3, 0.4) is 0 Å². The number of nitrogens with zero attached hydrogens (tertiary/aromatic N) is 1. The zero-order valence-electron chi connectivity index (χ0n) is 15.9. The van der Waals surface area contributed by atoms with Gasteiger partial charge in [-0.15, -0.1) is 0 Å². The van der Waals surface area contributed by atoms with E-state index in [4.69, 9.17) is 20.8 Å². The average molecular weight is 490 g/mol. The highest BCUT2D eigenvalue weighted by atomic mass is 79.9. The first-order chi connectivity index (χ1) is 14.4. The van der Waals surface area contributed by atoms with Crippen LogP contribution >= 0.6 is 27.5 Å². The fourth-order valence-electron chi connectivity index (χ4n) is 3.15. The number of aromatic nitrogens is 1. The first-order valence-electron chi connectivity index (χ1n) is 8.87. The number of hydrogen-bond donors (Lipinski definition) is 1. The summed E-state index contributed by atoms with van der Waals surface area (Å²) in [6.45, 7) is 1.87. The van der Waals surface area contributed by atoms with Gasteiger partial charge in [0.25, 0.3) is 5.91 Å². The Kier molecular flexibility index (Phi) is 5.49. The highest BCUT2D eigenvalue weighted by molar-refractivity contribution is 9.10. The SMILES string of the molecule is COc1c(C)cc(Br)cc1C(=O)Nc1ccc2oc(-c3ccc(F)cc3Cl)nc2c1. The van der Waals surface area contributed by atoms with Gasteiger partial charge < -0.3 is 14.5 Å². The van der Waals surface area contributed by atoms with E-state index >= 15 is 0 Å². The van der Waals surface area contributed by atoms with Crippen LogP contribution in [0, 0.1) is 12.7 Å². The maximum absolute atomic E-state index is 13.3. The van der Waals surface area contributed by atoms with E-state index in [-0.39, 0.29) is 16.8 Å². The van der Waals surface area contributed by atoms with Gasteiger partial charge >= 0.3 is 0 Å². The molecule has 152 valence electrons. The minimum atomic E-state index is -0.442. The molecule has 1 N–H and O–H groups in total. The smallest absolute Gasteiger partial charge is 0.259 e. The number of rotatable bonds is 4. The van der Waals surface area contributed by atoms with E-state index in [9.17, 15) is 9.18 Å². The summed E-state index contributed by atoms with van der Waals surface area (Å²) in [6, 6.07) is 12.7. The lowest BCUT2D eigenvalue weighted by Gasteiger charge is -2.12. The fourth-order valence-corrected chi connectivity index (χ4v) is 3.97. The average Bonchev–Trinajstić information content (AvgIpc) is 3.10. The molecule has 5 nitrogen and oxygen atoms in total. The molecular weight excluding hydrogens is 475 g/mol. The molecule has 0 bridgehead atoms. The van der Waals surface area contributed by atoms with Gasteiger partial charge in [0, 0.05) is 10.2 Å². The maximum atomic E-state index is 13.3. The van der Waals surface area contributed by atoms with Crippen LogP contribution in [0.2, 0.25) is 5.02 Å². The minimum absolute atomic E-state index is 0.201. The molecule has 1 aromatic heterocycles. The van der Waals surface area contributed by atoms with Crippen LogP contribution in [0.4, 0.5) is 10.1 Å². The monoisotopic (exact) mass is 488 g/mol. The van der Waals surface area contributed by atoms with Crippen molar-refractivity contribution in [1.82, 2.24) is 4.98 Å². The molecule has 0 aliphatic heterocycles. The van der Waals surface area contributed by atoms with Crippen LogP contribution in [-0.2, 0) is 0 Å². The Morgan fingerprint density at radius 3 is 2.73 bits per heavy atom. The standard InChI is InChI=1S/C22H15BrClFN2O3/c1-11-7-12(23)8-16(20(11)29-2)21(28)26-14-4-6-19-18(10-14)27-22(30-19)15-5-3-13(25)9-17(15)24/h3-10H,1-2H3,(H,26,28). The zero-order chi connectivity index (χ0) is 21.4. The molecule has 30 heavy (non-hydrogen) atoms. The largest absolute Gasteiger partial charge is 0.496 e. The number of fused-ring (bicyclic) bond motifs is 1. The van der Waals surface area contributed by atoms with E-state index in [0.717, 1.165) is 10.0 Å². The van der Waals surface area contributed by atoms with Crippen LogP contribution in [0.25, 0.3) is 22.6 Å². The van der Waals surface area contributed by atoms with Crippen molar-refractivity contribution in [1.29, 1.82) is 0 Å². The number of carbonyl (C=O) groups excluding carboxylic acids is 1. The summed E-state index contributed by atoms with van der Waals surface area (Å²) < 4.78 is 25.2. The lowest BCUT2D eigenvalue weighted by molar-refractivity contribution is 0.102. The Bertz CT molecular complexity index is 1290. The molecule has 1 heterocycles. The number of nitrogens with one attached hydrogen (secondary N) is 1. The van der Waals surface area contributed by atoms with Crippen LogP contribution in [0.15, 0.2) is 57.4 Å². The molecule has 3 aromatic carbocycles. The van der Waals surface area contributed by atoms with Gasteiger partial charge in [0.05, 0.1) is 23.3 Å². The third-order valence-corrected chi connectivity index (χ3v) is 5.27. The zero-order valence-corrected chi connectivity index (χ0v) is 18.3. The number of ether oxygens (including phenoxy) is 1. The predicted octanol–water partition coefficient (Wildman–Crippen LogP) is 6.62. The lowest BCUT2D eigenvalue weighted by Crippen LogP contribution is -2.13. The number of aryl methyl sites for hydroxylation is 1. The van der Waals surface area contributed by atoms with Crippen LogP contribution in [0.1, 0.15) is 15.9 Å². The Balaban J connectivity index is 1.66. The summed E-state index contributed by atoms with van der Waals surface area (Å²) >= 11 is 9.51. The summed E-state index contributed by atoms with van der Waals surface area (Å²) in [4.78, 5) is 17.2. The van der Waals surface area contributed by atoms with Gasteiger partial charge in [-0.3, -0.25) is 4.79 Å². The van der Waals surface area contributed by atoms with Gasteiger partial charge in [0.1, 0.15) is 17.1 Å². The van der Waals surface area contributed by atoms with Crippen LogP contribution in [-0.4, -0.2) is 18.0 Å². The maximum Gasteiger partial charge on any atom is 0.259 e. The van der Waals surface area contributed by atoms with Crippen LogP contribution < -0.4 is 10.1 Å². The number of halogens is 3. The molecule has 0 fully saturated rings. The molecular formula is C22H15BrClFN2O3. The van der Waals surface area contributed by atoms with Crippen molar-refractivity contribution in [3.8, 4) is 17.2 Å². The number of oxazole rings is 1. The molecule has 0 radical (unpaired) electrons. The molecule has 0 atom stereocenters. The molecule has 0 saturated carbocycles. The number of hydrogen-bond acceptors (Lipinski definition) is 4. The topological polar surface area (TPSA) is 64.4 Å². The molecule has 4 rings (SSSR count). The molecule has 8 heteroatoms. The van der Waals surface area contributed by atoms with E-state index in [1.807, 2.05) is 13.0 Å². The second-order valence-corrected chi connectivity index (χ2v) is 7.91. The quantitative estimate of drug-likeness (QED) is 0.350. The van der Waals surface area contributed by atoms with Gasteiger partial charge in [-0.25, -0.2) is 9.37 Å². The number of methoxy groups -OCH3 is 1. The molecule has 0 spiro atoms. The minimum Gasteiger partial charge on any atom is -0.496 e. The Morgan fingerprint density at radius 1 is 1.20 bits per heavy atom. The summed E-state index contributed by atoms with van der Waals surface area (Å²) in [5.41, 5.74) is 3.31. The summed E-state index contributed by atoms with van der Waals surface area (Å²) in [5.74, 6) is 0.0122. The number of benzene rings is 3. The third kappa shape index (κ3) is 3.91. The number of carbonyl (C=O) groups is 1. The van der Waals surface area contributed by atoms with Crippen molar-refractivity contribution < 1.29 is 18.3 Å². The second kappa shape index (κ2) is 8.08. The fraction of sp³-hybridized carbons (Fsp3) is 0.0909. The summed E-state index contributed by atoms with van der Waals surface area (Å²) in [7, 11) is 1.52. The van der Waals surface area contributed by atoms with Crippen molar-refractivity contribution in [2.24, 2.45) is 0 Å². The van der Waals surface area contributed by atoms with E-state index < -0.39 is 5.82 Å². The molecule has 0 saturated heterocycles. The highest BCUT2D eigenvalue weighted by Gasteiger charge is 2.17. The van der Waals surface area contributed by atoms with E-state index in [2.05, 4.69) is 26.2 Å². The third-order valence-electron chi connectivity index (χ3n) is 4.50. The second-order valence-electron chi connectivity index (χ2n) is 6.58. The molecule has 0 aliphatic carbocycles. The van der Waals surface area contributed by atoms with Crippen LogP contribution in [0.5, 0.6) is 5.75 Å². The predicted molar refractivity (Wildman–Crippen MR) is 118 cm³/mol. The van der Waals surface area contributed by atoms with Gasteiger partial charge in [0.2, 0.25) is 5.89 Å². The van der Waals surface area contributed by atoms with Crippen molar-refractivity contribution in [3.63, 3.8) is 0 Å². The van der Waals surface area contributed by atoms with Crippen molar-refractivity contribution in [2.75, 3.05) is 12.4 Å². The normalized spacial score (nSPS) is 11.0. The summed E-state index contributed by atoms with van der Waals surface area (Å²) in [5, 5.41) is 3.05. The van der Waals surface area contributed by atoms with Crippen molar-refractivity contribution in [3.05, 3.63) is 75.0 Å². The number of amides is 1. The number of anilines is 1. The first-order valence-corrected chi connectivity index (χ1v) is 10.0. The lowest BCUT2D eigenvalue weighted by atomic mass is 10.1. The van der Waals surface area contributed by atoms with Gasteiger partial charge in [-0.2, -0.15) is 0 Å². The van der Waals surface area contributed by atoms with Crippen molar-refractivity contribution in [2.45, 2.75) is 6.92 Å². The van der Waals surface area contributed by atoms with E-state index in [0.29, 0.717) is 33.7 Å². The molecule has 1 amide bonds. The Hall–Kier alpha value is -2.90. The van der Waals surface area contributed by atoms with Gasteiger partial charge in [-0.05, 0) is 61.0 Å². The summed E-state index contributed by atoms with van der Waals surface area (Å²) in [6.07, 6.45) is 0. The highest BCUT2D eigenvalue weighted by Crippen LogP contribution is 2.32. The van der Waals surface area contributed by atoms with E-state index in [1.54, 1.807) is 24.3 Å². The van der Waals surface area contributed by atoms with E-state index in [1.165, 1.54) is 25.3 Å². The van der Waals surface area contributed by atoms with Crippen molar-refractivity contribution >= 4 is 50.2 Å². The Morgan fingerprint density at radius 2 is 2.00 bits per heavy atom.